The molecule has 9 nitrogen and oxygen atoms in total. The van der Waals surface area contributed by atoms with Crippen molar-refractivity contribution in [2.75, 3.05) is 38.8 Å². The van der Waals surface area contributed by atoms with Crippen LogP contribution in [0.4, 0.5) is 4.79 Å². The van der Waals surface area contributed by atoms with Crippen LogP contribution in [0.2, 0.25) is 0 Å². The first-order valence-corrected chi connectivity index (χ1v) is 8.96. The molecule has 0 aromatic carbocycles. The Bertz CT molecular complexity index is 541. The van der Waals surface area contributed by atoms with Gasteiger partial charge in [0.1, 0.15) is 0 Å². The third kappa shape index (κ3) is 4.93. The number of hydrogen-bond donors (Lipinski definition) is 1. The van der Waals surface area contributed by atoms with Gasteiger partial charge in [-0.3, -0.25) is 4.18 Å². The van der Waals surface area contributed by atoms with Crippen molar-refractivity contribution >= 4 is 26.2 Å². The van der Waals surface area contributed by atoms with Gasteiger partial charge in [-0.25, -0.2) is 13.2 Å². The molecule has 0 aliphatic carbocycles. The third-order valence-corrected chi connectivity index (χ3v) is 4.50. The van der Waals surface area contributed by atoms with E-state index in [1.807, 2.05) is 0 Å². The summed E-state index contributed by atoms with van der Waals surface area (Å²) in [6.07, 6.45) is 0.643. The Hall–Kier alpha value is -0.910. The quantitative estimate of drug-likeness (QED) is 0.632. The van der Waals surface area contributed by atoms with E-state index in [0.717, 1.165) is 21.7 Å². The molecule has 19 heavy (non-hydrogen) atoms. The van der Waals surface area contributed by atoms with Crippen molar-refractivity contribution in [2.45, 2.75) is 6.04 Å². The van der Waals surface area contributed by atoms with E-state index in [9.17, 15) is 21.6 Å². The number of carbonyl (C=O) groups is 1. The van der Waals surface area contributed by atoms with Crippen LogP contribution in [-0.4, -0.2) is 82.0 Å². The second kappa shape index (κ2) is 5.61. The van der Waals surface area contributed by atoms with Gasteiger partial charge in [0.05, 0.1) is 25.2 Å². The number of amides is 1. The molecule has 1 aliphatic heterocycles. The maximum atomic E-state index is 11.6. The average molecular weight is 316 g/mol. The first kappa shape index (κ1) is 16.1. The van der Waals surface area contributed by atoms with E-state index in [2.05, 4.69) is 4.18 Å². The largest absolute Gasteiger partial charge is 0.465 e. The van der Waals surface area contributed by atoms with Crippen LogP contribution in [0.1, 0.15) is 0 Å². The molecule has 1 atom stereocenters. The van der Waals surface area contributed by atoms with Crippen molar-refractivity contribution in [3.63, 3.8) is 0 Å². The summed E-state index contributed by atoms with van der Waals surface area (Å²) in [4.78, 5) is 11.9. The van der Waals surface area contributed by atoms with Crippen molar-refractivity contribution in [2.24, 2.45) is 0 Å². The molecule has 0 spiro atoms. The van der Waals surface area contributed by atoms with E-state index in [-0.39, 0.29) is 19.6 Å². The first-order chi connectivity index (χ1) is 8.50. The smallest absolute Gasteiger partial charge is 0.407 e. The van der Waals surface area contributed by atoms with Crippen LogP contribution in [0.3, 0.4) is 0 Å². The summed E-state index contributed by atoms with van der Waals surface area (Å²) in [5.41, 5.74) is 0. The van der Waals surface area contributed by atoms with Crippen molar-refractivity contribution in [3.05, 3.63) is 0 Å². The Morgan fingerprint density at radius 2 is 1.84 bits per heavy atom. The highest BCUT2D eigenvalue weighted by atomic mass is 32.2. The Morgan fingerprint density at radius 1 is 1.26 bits per heavy atom. The highest BCUT2D eigenvalue weighted by Gasteiger charge is 2.35. The second-order valence-corrected chi connectivity index (χ2v) is 7.82. The summed E-state index contributed by atoms with van der Waals surface area (Å²) in [5, 5.41) is 8.87. The van der Waals surface area contributed by atoms with E-state index in [1.165, 1.54) is 0 Å². The fraction of sp³-hybridized carbons (Fsp3) is 0.875. The summed E-state index contributed by atoms with van der Waals surface area (Å²) in [5.74, 6) is 0. The zero-order chi connectivity index (χ0) is 14.8. The molecule has 0 radical (unpaired) electrons. The number of sulfonamides is 1. The standard InChI is InChI=1S/C8H16N2O7S2/c1-18(13,14)10-4-3-9(8(11)12)5-7(10)6-17-19(2,15)16/h7H,3-6H2,1-2H3,(H,11,12). The molecule has 1 unspecified atom stereocenters. The number of piperazine rings is 1. The summed E-state index contributed by atoms with van der Waals surface area (Å²) in [7, 11) is -7.27. The van der Waals surface area contributed by atoms with Crippen LogP contribution in [0, 0.1) is 0 Å². The minimum absolute atomic E-state index is 0.0249. The zero-order valence-corrected chi connectivity index (χ0v) is 12.1. The van der Waals surface area contributed by atoms with Gasteiger partial charge in [-0.2, -0.15) is 12.7 Å². The van der Waals surface area contributed by atoms with Crippen LogP contribution in [0.25, 0.3) is 0 Å². The molecule has 1 amide bonds. The fourth-order valence-corrected chi connectivity index (χ4v) is 3.27. The molecule has 1 aliphatic rings. The molecule has 0 saturated carbocycles. The van der Waals surface area contributed by atoms with Gasteiger partial charge in [-0.1, -0.05) is 0 Å². The predicted octanol–water partition coefficient (Wildman–Crippen LogP) is -1.41. The maximum Gasteiger partial charge on any atom is 0.407 e. The van der Waals surface area contributed by atoms with Crippen molar-refractivity contribution in [1.29, 1.82) is 0 Å². The molecule has 0 bridgehead atoms. The lowest BCUT2D eigenvalue weighted by Gasteiger charge is -2.38. The summed E-state index contributed by atoms with van der Waals surface area (Å²) in [6, 6.07) is -0.852. The number of rotatable bonds is 4. The monoisotopic (exact) mass is 316 g/mol. The Kier molecular flexibility index (Phi) is 4.76. The summed E-state index contributed by atoms with van der Waals surface area (Å²) in [6.45, 7) is -0.520. The molecule has 11 heteroatoms. The van der Waals surface area contributed by atoms with Gasteiger partial charge < -0.3 is 10.0 Å². The summed E-state index contributed by atoms with van der Waals surface area (Å²) < 4.78 is 50.6. The van der Waals surface area contributed by atoms with Crippen LogP contribution in [0.5, 0.6) is 0 Å². The highest BCUT2D eigenvalue weighted by molar-refractivity contribution is 7.88. The molecular formula is C8H16N2O7S2. The third-order valence-electron chi connectivity index (χ3n) is 2.60. The molecule has 1 N–H and O–H groups in total. The normalized spacial score (nSPS) is 22.4. The van der Waals surface area contributed by atoms with Crippen molar-refractivity contribution in [1.82, 2.24) is 9.21 Å². The van der Waals surface area contributed by atoms with Gasteiger partial charge in [0, 0.05) is 19.6 Å². The highest BCUT2D eigenvalue weighted by Crippen LogP contribution is 2.14. The van der Waals surface area contributed by atoms with Gasteiger partial charge in [0.25, 0.3) is 10.1 Å². The number of carboxylic acid groups (broad SMARTS) is 1. The number of nitrogens with zero attached hydrogens (tertiary/aromatic N) is 2. The van der Waals surface area contributed by atoms with Crippen LogP contribution in [0.15, 0.2) is 0 Å². The predicted molar refractivity (Wildman–Crippen MR) is 65.7 cm³/mol. The van der Waals surface area contributed by atoms with Crippen LogP contribution < -0.4 is 0 Å². The van der Waals surface area contributed by atoms with Crippen LogP contribution >= 0.6 is 0 Å². The van der Waals surface area contributed by atoms with E-state index in [1.54, 1.807) is 0 Å². The fourth-order valence-electron chi connectivity index (χ4n) is 1.79. The molecule has 1 rings (SSSR count). The topological polar surface area (TPSA) is 121 Å². The maximum absolute atomic E-state index is 11.6. The van der Waals surface area contributed by atoms with Gasteiger partial charge in [-0.05, 0) is 0 Å². The molecule has 0 aromatic heterocycles. The lowest BCUT2D eigenvalue weighted by atomic mass is 10.2. The molecule has 1 fully saturated rings. The van der Waals surface area contributed by atoms with E-state index in [0.29, 0.717) is 0 Å². The van der Waals surface area contributed by atoms with Crippen molar-refractivity contribution in [3.8, 4) is 0 Å². The number of hydrogen-bond acceptors (Lipinski definition) is 6. The molecule has 112 valence electrons. The molecular weight excluding hydrogens is 300 g/mol. The van der Waals surface area contributed by atoms with Crippen LogP contribution in [-0.2, 0) is 24.3 Å². The first-order valence-electron chi connectivity index (χ1n) is 5.30. The Labute approximate surface area is 111 Å². The minimum Gasteiger partial charge on any atom is -0.465 e. The second-order valence-electron chi connectivity index (χ2n) is 4.24. The lowest BCUT2D eigenvalue weighted by molar-refractivity contribution is 0.0884. The van der Waals surface area contributed by atoms with Gasteiger partial charge in [0.2, 0.25) is 10.0 Å². The zero-order valence-electron chi connectivity index (χ0n) is 10.5. The van der Waals surface area contributed by atoms with Crippen molar-refractivity contribution < 1.29 is 30.9 Å². The van der Waals surface area contributed by atoms with E-state index < -0.39 is 38.9 Å². The lowest BCUT2D eigenvalue weighted by Crippen LogP contribution is -2.57. The SMILES string of the molecule is CS(=O)(=O)OCC1CN(C(=O)O)CCN1S(C)(=O)=O. The van der Waals surface area contributed by atoms with Gasteiger partial charge >= 0.3 is 6.09 Å². The Morgan fingerprint density at radius 3 is 2.26 bits per heavy atom. The van der Waals surface area contributed by atoms with E-state index in [4.69, 9.17) is 5.11 Å². The molecule has 1 saturated heterocycles. The Balaban J connectivity index is 2.85. The summed E-state index contributed by atoms with van der Waals surface area (Å²) >= 11 is 0. The minimum atomic E-state index is -3.72. The van der Waals surface area contributed by atoms with Gasteiger partial charge in [0.15, 0.2) is 0 Å². The van der Waals surface area contributed by atoms with Gasteiger partial charge in [-0.15, -0.1) is 0 Å². The van der Waals surface area contributed by atoms with E-state index >= 15 is 0 Å². The molecule has 1 heterocycles. The average Bonchev–Trinajstić information content (AvgIpc) is 2.23. The molecule has 0 aromatic rings.